The van der Waals surface area contributed by atoms with E-state index in [0.717, 1.165) is 6.33 Å². The number of hydrogen-bond acceptors (Lipinski definition) is 14. The van der Waals surface area contributed by atoms with E-state index < -0.39 is 29.8 Å². The topological polar surface area (TPSA) is 172 Å². The van der Waals surface area contributed by atoms with Crippen molar-refractivity contribution in [1.29, 1.82) is 0 Å². The molecule has 0 aliphatic carbocycles. The highest BCUT2D eigenvalue weighted by molar-refractivity contribution is 7.92. The summed E-state index contributed by atoms with van der Waals surface area (Å²) in [6.45, 7) is 7.38. The average Bonchev–Trinajstić information content (AvgIpc) is 3.04. The Hall–Kier alpha value is -4.16. The Bertz CT molecular complexity index is 1600. The standard InChI is InChI=1S/C30H41N3O12SSi/c1-9-41-26(34)19-43-23-15-14-21(18-25(23)38-6)46(35,36)33-28-27(45-24-13-11-10-12-22(24)37-5)29(32-20-31-28)42-16-17-44-47(39-7,40-8)30(2,3)4/h10-15,18,20H,9,16-17,19H2,1-8H3,(H,31,32,33). The first kappa shape index (κ1) is 37.3. The number of hydrogen-bond donors (Lipinski definition) is 1. The summed E-state index contributed by atoms with van der Waals surface area (Å²) in [5.41, 5.74) is 0. The zero-order chi connectivity index (χ0) is 34.7. The molecule has 3 rings (SSSR count). The number of anilines is 1. The Morgan fingerprint density at radius 1 is 0.872 bits per heavy atom. The van der Waals surface area contributed by atoms with Crippen LogP contribution in [0.2, 0.25) is 5.04 Å². The first-order chi connectivity index (χ1) is 22.3. The number of methoxy groups -OCH3 is 2. The van der Waals surface area contributed by atoms with E-state index in [-0.39, 0.29) is 66.0 Å². The van der Waals surface area contributed by atoms with Crippen molar-refractivity contribution in [1.82, 2.24) is 9.97 Å². The fourth-order valence-electron chi connectivity index (χ4n) is 4.24. The van der Waals surface area contributed by atoms with Gasteiger partial charge in [0.2, 0.25) is 5.75 Å². The van der Waals surface area contributed by atoms with Gasteiger partial charge in [-0.05, 0) is 31.2 Å². The fourth-order valence-corrected chi connectivity index (χ4v) is 7.68. The van der Waals surface area contributed by atoms with Gasteiger partial charge < -0.3 is 41.7 Å². The molecule has 15 nitrogen and oxygen atoms in total. The number of ether oxygens (including phenoxy) is 6. The van der Waals surface area contributed by atoms with Gasteiger partial charge in [-0.15, -0.1) is 0 Å². The molecule has 0 bridgehead atoms. The lowest BCUT2D eigenvalue weighted by Crippen LogP contribution is -2.52. The van der Waals surface area contributed by atoms with E-state index in [2.05, 4.69) is 14.7 Å². The monoisotopic (exact) mass is 695 g/mol. The maximum atomic E-state index is 13.6. The minimum Gasteiger partial charge on any atom is -0.493 e. The van der Waals surface area contributed by atoms with Gasteiger partial charge in [-0.1, -0.05) is 32.9 Å². The van der Waals surface area contributed by atoms with Gasteiger partial charge in [-0.25, -0.2) is 18.2 Å². The Morgan fingerprint density at radius 3 is 2.17 bits per heavy atom. The van der Waals surface area contributed by atoms with Crippen LogP contribution in [-0.4, -0.2) is 88.0 Å². The van der Waals surface area contributed by atoms with Crippen molar-refractivity contribution in [2.45, 2.75) is 37.6 Å². The van der Waals surface area contributed by atoms with E-state index in [1.807, 2.05) is 20.8 Å². The number of sulfonamides is 1. The normalized spacial score (nSPS) is 11.8. The van der Waals surface area contributed by atoms with Gasteiger partial charge in [-0.3, -0.25) is 4.72 Å². The molecule has 0 aliphatic heterocycles. The van der Waals surface area contributed by atoms with Crippen molar-refractivity contribution in [3.63, 3.8) is 0 Å². The van der Waals surface area contributed by atoms with Crippen LogP contribution in [-0.2, 0) is 32.8 Å². The Morgan fingerprint density at radius 2 is 1.55 bits per heavy atom. The van der Waals surface area contributed by atoms with E-state index in [4.69, 9.17) is 41.7 Å². The van der Waals surface area contributed by atoms with Gasteiger partial charge in [0.05, 0.1) is 32.3 Å². The van der Waals surface area contributed by atoms with Crippen molar-refractivity contribution in [3.8, 4) is 34.6 Å². The third kappa shape index (κ3) is 9.45. The molecule has 258 valence electrons. The minimum absolute atomic E-state index is 0.0203. The minimum atomic E-state index is -4.30. The van der Waals surface area contributed by atoms with Crippen LogP contribution in [0.4, 0.5) is 5.82 Å². The second kappa shape index (κ2) is 16.6. The van der Waals surface area contributed by atoms with Gasteiger partial charge in [0.1, 0.15) is 12.9 Å². The van der Waals surface area contributed by atoms with Crippen LogP contribution < -0.4 is 28.4 Å². The highest BCUT2D eigenvalue weighted by atomic mass is 32.2. The van der Waals surface area contributed by atoms with Gasteiger partial charge in [0, 0.05) is 25.3 Å². The number of carbonyl (C=O) groups is 1. The Kier molecular flexibility index (Phi) is 13.2. The first-order valence-corrected chi connectivity index (χ1v) is 17.6. The Balaban J connectivity index is 1.93. The number of benzene rings is 2. The molecule has 1 aromatic heterocycles. The molecule has 1 N–H and O–H groups in total. The number of esters is 1. The molecule has 0 saturated carbocycles. The van der Waals surface area contributed by atoms with Crippen LogP contribution >= 0.6 is 0 Å². The van der Waals surface area contributed by atoms with E-state index in [1.165, 1.54) is 46.6 Å². The van der Waals surface area contributed by atoms with Crippen LogP contribution in [0.25, 0.3) is 0 Å². The first-order valence-electron chi connectivity index (χ1n) is 14.4. The van der Waals surface area contributed by atoms with Gasteiger partial charge in [-0.2, -0.15) is 4.98 Å². The molecule has 0 radical (unpaired) electrons. The summed E-state index contributed by atoms with van der Waals surface area (Å²) in [6, 6.07) is 10.6. The SMILES string of the molecule is CCOC(=O)COc1ccc(S(=O)(=O)Nc2ncnc(OCCO[Si](OC)(OC)C(C)(C)C)c2Oc2ccccc2OC)cc1OC. The summed E-state index contributed by atoms with van der Waals surface area (Å²) < 4.78 is 80.0. The van der Waals surface area contributed by atoms with Gasteiger partial charge in [0.15, 0.2) is 35.4 Å². The molecular weight excluding hydrogens is 654 g/mol. The summed E-state index contributed by atoms with van der Waals surface area (Å²) in [4.78, 5) is 19.8. The summed E-state index contributed by atoms with van der Waals surface area (Å²) in [5.74, 6) is -0.216. The van der Waals surface area contributed by atoms with E-state index >= 15 is 0 Å². The van der Waals surface area contributed by atoms with E-state index in [1.54, 1.807) is 31.2 Å². The molecular formula is C30H41N3O12SSi. The third-order valence-electron chi connectivity index (χ3n) is 6.45. The fraction of sp³-hybridized carbons (Fsp3) is 0.433. The third-order valence-corrected chi connectivity index (χ3v) is 11.3. The van der Waals surface area contributed by atoms with Crippen molar-refractivity contribution >= 4 is 30.6 Å². The molecule has 2 aromatic carbocycles. The number of rotatable bonds is 18. The number of aromatic nitrogens is 2. The second-order valence-corrected chi connectivity index (χ2v) is 15.9. The predicted octanol–water partition coefficient (Wildman–Crippen LogP) is 4.46. The van der Waals surface area contributed by atoms with Crippen molar-refractivity contribution in [3.05, 3.63) is 48.8 Å². The zero-order valence-corrected chi connectivity index (χ0v) is 29.5. The highest BCUT2D eigenvalue weighted by Crippen LogP contribution is 2.41. The molecule has 47 heavy (non-hydrogen) atoms. The van der Waals surface area contributed by atoms with Crippen LogP contribution in [0.1, 0.15) is 27.7 Å². The van der Waals surface area contributed by atoms with Crippen molar-refractivity contribution in [2.75, 3.05) is 59.6 Å². The number of nitrogens with zero attached hydrogens (tertiary/aromatic N) is 2. The summed E-state index contributed by atoms with van der Waals surface area (Å²) in [6.07, 6.45) is 1.12. The maximum absolute atomic E-state index is 13.6. The van der Waals surface area contributed by atoms with Crippen LogP contribution in [0.15, 0.2) is 53.7 Å². The zero-order valence-electron chi connectivity index (χ0n) is 27.6. The maximum Gasteiger partial charge on any atom is 0.506 e. The molecule has 0 fully saturated rings. The summed E-state index contributed by atoms with van der Waals surface area (Å²) in [7, 11) is -1.51. The lowest BCUT2D eigenvalue weighted by atomic mass is 10.3. The van der Waals surface area contributed by atoms with Gasteiger partial charge >= 0.3 is 14.8 Å². The molecule has 0 spiro atoms. The molecule has 17 heteroatoms. The van der Waals surface area contributed by atoms with Gasteiger partial charge in [0.25, 0.3) is 15.9 Å². The molecule has 0 aliphatic rings. The molecule has 0 saturated heterocycles. The van der Waals surface area contributed by atoms with Crippen LogP contribution in [0.5, 0.6) is 34.6 Å². The van der Waals surface area contributed by atoms with Crippen LogP contribution in [0, 0.1) is 0 Å². The van der Waals surface area contributed by atoms with Crippen LogP contribution in [0.3, 0.4) is 0 Å². The lowest BCUT2D eigenvalue weighted by Gasteiger charge is -2.36. The number of nitrogens with one attached hydrogen (secondary N) is 1. The van der Waals surface area contributed by atoms with E-state index in [0.29, 0.717) is 5.75 Å². The van der Waals surface area contributed by atoms with Crippen molar-refractivity contribution < 1.29 is 54.9 Å². The number of carbonyl (C=O) groups excluding carboxylic acids is 1. The molecule has 0 atom stereocenters. The highest BCUT2D eigenvalue weighted by Gasteiger charge is 2.51. The summed E-state index contributed by atoms with van der Waals surface area (Å²) in [5, 5.41) is -0.414. The smallest absolute Gasteiger partial charge is 0.493 e. The second-order valence-electron chi connectivity index (χ2n) is 10.5. The molecule has 1 heterocycles. The van der Waals surface area contributed by atoms with Crippen molar-refractivity contribution in [2.24, 2.45) is 0 Å². The summed E-state index contributed by atoms with van der Waals surface area (Å²) >= 11 is 0. The average molecular weight is 696 g/mol. The largest absolute Gasteiger partial charge is 0.506 e. The quantitative estimate of drug-likeness (QED) is 0.112. The molecule has 0 unspecified atom stereocenters. The predicted molar refractivity (Wildman–Crippen MR) is 172 cm³/mol. The van der Waals surface area contributed by atoms with E-state index in [9.17, 15) is 13.2 Å². The molecule has 3 aromatic rings. The Labute approximate surface area is 275 Å². The molecule has 0 amide bonds. The lowest BCUT2D eigenvalue weighted by molar-refractivity contribution is -0.145. The number of para-hydroxylation sites is 2.